The second-order valence-corrected chi connectivity index (χ2v) is 5.54. The molecule has 0 amide bonds. The average Bonchev–Trinajstić information content (AvgIpc) is 2.39. The van der Waals surface area contributed by atoms with Crippen molar-refractivity contribution in [2.45, 2.75) is 45.1 Å². The molecule has 3 N–H and O–H groups in total. The number of nitrogens with zero attached hydrogens (tertiary/aromatic N) is 1. The minimum Gasteiger partial charge on any atom is -0.481 e. The highest BCUT2D eigenvalue weighted by Crippen LogP contribution is 2.31. The largest absolute Gasteiger partial charge is 0.481 e. The highest BCUT2D eigenvalue weighted by molar-refractivity contribution is 5.70. The lowest BCUT2D eigenvalue weighted by atomic mass is 9.79. The van der Waals surface area contributed by atoms with Crippen LogP contribution in [0.4, 0.5) is 0 Å². The Kier molecular flexibility index (Phi) is 6.75. The normalized spacial score (nSPS) is 27.7. The van der Waals surface area contributed by atoms with Crippen LogP contribution in [0.25, 0.3) is 0 Å². The van der Waals surface area contributed by atoms with E-state index in [1.807, 2.05) is 0 Å². The quantitative estimate of drug-likeness (QED) is 0.573. The first-order chi connectivity index (χ1) is 9.00. The highest BCUT2D eigenvalue weighted by Gasteiger charge is 2.35. The van der Waals surface area contributed by atoms with Crippen LogP contribution in [0.3, 0.4) is 0 Å². The van der Waals surface area contributed by atoms with Crippen LogP contribution in [0.15, 0.2) is 0 Å². The molecular weight excluding hydrogens is 244 g/mol. The first kappa shape index (κ1) is 16.4. The maximum atomic E-state index is 10.9. The third-order valence-electron chi connectivity index (χ3n) is 4.22. The maximum absolute atomic E-state index is 10.9. The molecule has 5 nitrogen and oxygen atoms in total. The lowest BCUT2D eigenvalue weighted by Crippen LogP contribution is -2.46. The molecule has 0 aromatic heterocycles. The van der Waals surface area contributed by atoms with Crippen molar-refractivity contribution < 1.29 is 15.0 Å². The van der Waals surface area contributed by atoms with E-state index in [0.29, 0.717) is 32.2 Å². The molecule has 0 atom stereocenters. The van der Waals surface area contributed by atoms with E-state index in [1.54, 1.807) is 0 Å². The van der Waals surface area contributed by atoms with Crippen LogP contribution in [0, 0.1) is 5.92 Å². The Hall–Kier alpha value is -0.650. The third kappa shape index (κ3) is 5.47. The van der Waals surface area contributed by atoms with Gasteiger partial charge in [0, 0.05) is 19.6 Å². The second-order valence-electron chi connectivity index (χ2n) is 5.54. The van der Waals surface area contributed by atoms with Gasteiger partial charge >= 0.3 is 5.97 Å². The molecule has 1 saturated carbocycles. The molecule has 0 spiro atoms. The van der Waals surface area contributed by atoms with Gasteiger partial charge in [0.25, 0.3) is 0 Å². The van der Waals surface area contributed by atoms with Crippen molar-refractivity contribution in [3.8, 4) is 0 Å². The van der Waals surface area contributed by atoms with Crippen molar-refractivity contribution in [3.63, 3.8) is 0 Å². The fourth-order valence-corrected chi connectivity index (χ4v) is 2.68. The van der Waals surface area contributed by atoms with Gasteiger partial charge in [-0.05, 0) is 38.8 Å². The van der Waals surface area contributed by atoms with Crippen LogP contribution in [-0.2, 0) is 4.79 Å². The molecule has 0 bridgehead atoms. The predicted octanol–water partition coefficient (Wildman–Crippen LogP) is 0.924. The Morgan fingerprint density at radius 3 is 2.37 bits per heavy atom. The number of aliphatic carboxylic acids is 1. The number of hydrogen-bond acceptors (Lipinski definition) is 4. The molecule has 0 radical (unpaired) electrons. The van der Waals surface area contributed by atoms with Crippen LogP contribution < -0.4 is 5.32 Å². The van der Waals surface area contributed by atoms with Gasteiger partial charge in [0.2, 0.25) is 0 Å². The molecule has 0 aromatic rings. The summed E-state index contributed by atoms with van der Waals surface area (Å²) >= 11 is 0. The van der Waals surface area contributed by atoms with Crippen LogP contribution >= 0.6 is 0 Å². The average molecular weight is 272 g/mol. The van der Waals surface area contributed by atoms with Crippen LogP contribution in [0.5, 0.6) is 0 Å². The van der Waals surface area contributed by atoms with E-state index >= 15 is 0 Å². The summed E-state index contributed by atoms with van der Waals surface area (Å²) in [4.78, 5) is 13.2. The summed E-state index contributed by atoms with van der Waals surface area (Å²) in [6.45, 7) is 8.80. The van der Waals surface area contributed by atoms with E-state index in [-0.39, 0.29) is 5.92 Å². The Morgan fingerprint density at radius 1 is 1.32 bits per heavy atom. The molecule has 1 fully saturated rings. The number of carboxylic acid groups (broad SMARTS) is 1. The Labute approximate surface area is 116 Å². The Morgan fingerprint density at radius 2 is 1.89 bits per heavy atom. The number of carboxylic acids is 1. The van der Waals surface area contributed by atoms with E-state index in [0.717, 1.165) is 26.2 Å². The highest BCUT2D eigenvalue weighted by atomic mass is 16.4. The molecule has 1 aliphatic carbocycles. The van der Waals surface area contributed by atoms with E-state index in [9.17, 15) is 9.90 Å². The summed E-state index contributed by atoms with van der Waals surface area (Å²) in [5.74, 6) is -0.993. The van der Waals surface area contributed by atoms with Gasteiger partial charge in [-0.2, -0.15) is 0 Å². The molecule has 0 aliphatic heterocycles. The summed E-state index contributed by atoms with van der Waals surface area (Å²) in [6.07, 6.45) is 2.34. The van der Waals surface area contributed by atoms with Crippen LogP contribution in [-0.4, -0.2) is 59.4 Å². The van der Waals surface area contributed by atoms with E-state index < -0.39 is 11.6 Å². The summed E-state index contributed by atoms with van der Waals surface area (Å²) in [6, 6.07) is 0. The van der Waals surface area contributed by atoms with Crippen LogP contribution in [0.1, 0.15) is 39.5 Å². The monoisotopic (exact) mass is 272 g/mol. The molecule has 1 aliphatic rings. The summed E-state index contributed by atoms with van der Waals surface area (Å²) < 4.78 is 0. The fourth-order valence-electron chi connectivity index (χ4n) is 2.68. The molecule has 0 heterocycles. The molecular formula is C14H28N2O3. The molecule has 5 heteroatoms. The summed E-state index contributed by atoms with van der Waals surface area (Å²) in [5.41, 5.74) is -0.713. The van der Waals surface area contributed by atoms with Gasteiger partial charge in [-0.3, -0.25) is 4.79 Å². The van der Waals surface area contributed by atoms with E-state index in [2.05, 4.69) is 24.1 Å². The number of rotatable bonds is 8. The van der Waals surface area contributed by atoms with Crippen LogP contribution in [0.2, 0.25) is 0 Å². The predicted molar refractivity (Wildman–Crippen MR) is 75.2 cm³/mol. The minimum absolute atomic E-state index is 0.268. The fraction of sp³-hybridized carbons (Fsp3) is 0.929. The standard InChI is InChI=1S/C14H28N2O3/c1-3-16(4-2)10-9-15-11-14(19)7-5-12(6-8-14)13(17)18/h12,15,19H,3-11H2,1-2H3,(H,17,18). The lowest BCUT2D eigenvalue weighted by Gasteiger charge is -2.35. The van der Waals surface area contributed by atoms with E-state index in [1.165, 1.54) is 0 Å². The Balaban J connectivity index is 2.20. The number of likely N-dealkylation sites (N-methyl/N-ethyl adjacent to an activating group) is 1. The van der Waals surface area contributed by atoms with Crippen molar-refractivity contribution in [3.05, 3.63) is 0 Å². The zero-order chi connectivity index (χ0) is 14.3. The van der Waals surface area contributed by atoms with Gasteiger partial charge in [0.1, 0.15) is 0 Å². The number of nitrogens with one attached hydrogen (secondary N) is 1. The van der Waals surface area contributed by atoms with Crippen molar-refractivity contribution >= 4 is 5.97 Å². The van der Waals surface area contributed by atoms with Gasteiger partial charge in [-0.1, -0.05) is 13.8 Å². The zero-order valence-electron chi connectivity index (χ0n) is 12.2. The van der Waals surface area contributed by atoms with Gasteiger partial charge in [0.15, 0.2) is 0 Å². The SMILES string of the molecule is CCN(CC)CCNCC1(O)CCC(C(=O)O)CC1. The van der Waals surface area contributed by atoms with Gasteiger partial charge in [-0.15, -0.1) is 0 Å². The number of carbonyl (C=O) groups is 1. The third-order valence-corrected chi connectivity index (χ3v) is 4.22. The van der Waals surface area contributed by atoms with Crippen molar-refractivity contribution in [2.75, 3.05) is 32.7 Å². The first-order valence-electron chi connectivity index (χ1n) is 7.39. The molecule has 19 heavy (non-hydrogen) atoms. The molecule has 0 unspecified atom stereocenters. The molecule has 0 saturated heterocycles. The topological polar surface area (TPSA) is 72.8 Å². The molecule has 1 rings (SSSR count). The minimum atomic E-state index is -0.725. The Bertz CT molecular complexity index is 272. The molecule has 0 aromatic carbocycles. The summed E-state index contributed by atoms with van der Waals surface area (Å²) in [5, 5.41) is 22.6. The van der Waals surface area contributed by atoms with Crippen molar-refractivity contribution in [1.82, 2.24) is 10.2 Å². The smallest absolute Gasteiger partial charge is 0.306 e. The maximum Gasteiger partial charge on any atom is 0.306 e. The van der Waals surface area contributed by atoms with E-state index in [4.69, 9.17) is 5.11 Å². The number of aliphatic hydroxyl groups is 1. The number of hydrogen-bond donors (Lipinski definition) is 3. The first-order valence-corrected chi connectivity index (χ1v) is 7.39. The van der Waals surface area contributed by atoms with Gasteiger partial charge in [0.05, 0.1) is 11.5 Å². The lowest BCUT2D eigenvalue weighted by molar-refractivity contribution is -0.144. The van der Waals surface area contributed by atoms with Crippen molar-refractivity contribution in [1.29, 1.82) is 0 Å². The van der Waals surface area contributed by atoms with Gasteiger partial charge in [-0.25, -0.2) is 0 Å². The zero-order valence-corrected chi connectivity index (χ0v) is 12.2. The summed E-state index contributed by atoms with van der Waals surface area (Å²) in [7, 11) is 0. The second kappa shape index (κ2) is 7.82. The van der Waals surface area contributed by atoms with Crippen molar-refractivity contribution in [2.24, 2.45) is 5.92 Å². The van der Waals surface area contributed by atoms with Gasteiger partial charge < -0.3 is 20.4 Å². The molecule has 112 valence electrons.